The molecule has 0 aliphatic rings. The lowest BCUT2D eigenvalue weighted by Crippen LogP contribution is -2.10. The van der Waals surface area contributed by atoms with Crippen molar-refractivity contribution in [2.45, 2.75) is 0 Å². The summed E-state index contributed by atoms with van der Waals surface area (Å²) in [5.74, 6) is 0. The molecule has 11 rings (SSSR count). The van der Waals surface area contributed by atoms with Crippen molar-refractivity contribution < 1.29 is 8.83 Å². The molecule has 0 unspecified atom stereocenters. The Balaban J connectivity index is 1.10. The zero-order valence-corrected chi connectivity index (χ0v) is 28.6. The predicted molar refractivity (Wildman–Crippen MR) is 217 cm³/mol. The molecule has 0 spiro atoms. The lowest BCUT2D eigenvalue weighted by Gasteiger charge is -2.25. The minimum Gasteiger partial charge on any atom is -0.456 e. The van der Waals surface area contributed by atoms with Crippen molar-refractivity contribution in [2.24, 2.45) is 0 Å². The lowest BCUT2D eigenvalue weighted by atomic mass is 10.0. The topological polar surface area (TPSA) is 42.4 Å². The van der Waals surface area contributed by atoms with Gasteiger partial charge in [-0.3, -0.25) is 0 Å². The summed E-state index contributed by atoms with van der Waals surface area (Å²) in [6.07, 6.45) is 0. The Labute approximate surface area is 302 Å². The van der Waals surface area contributed by atoms with Crippen LogP contribution in [0, 0.1) is 0 Å². The Morgan fingerprint density at radius 3 is 2.10 bits per heavy atom. The SMILES string of the molecule is c1ccc(-c2ccc(N(c3ccc4c(c3)oc3ccccc34)c3cccc4c3oc3ccc5nc(-c6ccc7ccccc7c6)sc5c34)cc2)cc1. The van der Waals surface area contributed by atoms with Crippen molar-refractivity contribution in [2.75, 3.05) is 4.90 Å². The molecule has 8 aromatic carbocycles. The molecular weight excluding hydrogens is 657 g/mol. The second kappa shape index (κ2) is 11.4. The van der Waals surface area contributed by atoms with E-state index in [1.54, 1.807) is 11.3 Å². The highest BCUT2D eigenvalue weighted by Crippen LogP contribution is 2.46. The summed E-state index contributed by atoms with van der Waals surface area (Å²) in [7, 11) is 0. The second-order valence-electron chi connectivity index (χ2n) is 13.2. The summed E-state index contributed by atoms with van der Waals surface area (Å²) in [6, 6.07) is 59.5. The van der Waals surface area contributed by atoms with Crippen molar-refractivity contribution in [1.82, 2.24) is 4.98 Å². The summed E-state index contributed by atoms with van der Waals surface area (Å²) in [6.45, 7) is 0. The van der Waals surface area contributed by atoms with E-state index < -0.39 is 0 Å². The molecule has 0 saturated heterocycles. The molecule has 0 radical (unpaired) electrons. The summed E-state index contributed by atoms with van der Waals surface area (Å²) >= 11 is 1.72. The molecule has 3 heterocycles. The molecule has 0 fully saturated rings. The first-order valence-electron chi connectivity index (χ1n) is 17.4. The molecule has 4 nitrogen and oxygen atoms in total. The summed E-state index contributed by atoms with van der Waals surface area (Å²) < 4.78 is 14.3. The van der Waals surface area contributed by atoms with Crippen LogP contribution in [0.25, 0.3) is 86.6 Å². The summed E-state index contributed by atoms with van der Waals surface area (Å²) in [5, 5.41) is 7.78. The van der Waals surface area contributed by atoms with Crippen LogP contribution in [0.3, 0.4) is 0 Å². The number of anilines is 3. The molecule has 3 aromatic heterocycles. The first-order chi connectivity index (χ1) is 25.7. The van der Waals surface area contributed by atoms with Crippen LogP contribution < -0.4 is 4.90 Å². The zero-order chi connectivity index (χ0) is 34.2. The summed E-state index contributed by atoms with van der Waals surface area (Å²) in [5.41, 5.74) is 10.8. The van der Waals surface area contributed by atoms with E-state index in [2.05, 4.69) is 157 Å². The molecule has 52 heavy (non-hydrogen) atoms. The fourth-order valence-corrected chi connectivity index (χ4v) is 8.70. The van der Waals surface area contributed by atoms with Crippen molar-refractivity contribution >= 4 is 93.3 Å². The number of fused-ring (bicyclic) bond motifs is 9. The number of thiazole rings is 1. The number of rotatable bonds is 5. The van der Waals surface area contributed by atoms with Crippen molar-refractivity contribution in [3.8, 4) is 21.7 Å². The molecule has 0 bridgehead atoms. The van der Waals surface area contributed by atoms with E-state index in [0.29, 0.717) is 0 Å². The van der Waals surface area contributed by atoms with Gasteiger partial charge < -0.3 is 13.7 Å². The average molecular weight is 685 g/mol. The fraction of sp³-hybridized carbons (Fsp3) is 0. The second-order valence-corrected chi connectivity index (χ2v) is 14.1. The van der Waals surface area contributed by atoms with Gasteiger partial charge in [0.1, 0.15) is 21.8 Å². The van der Waals surface area contributed by atoms with Crippen LogP contribution in [0.5, 0.6) is 0 Å². The highest BCUT2D eigenvalue weighted by atomic mass is 32.1. The van der Waals surface area contributed by atoms with Gasteiger partial charge >= 0.3 is 0 Å². The van der Waals surface area contributed by atoms with Gasteiger partial charge in [0.25, 0.3) is 0 Å². The maximum atomic E-state index is 6.83. The number of hydrogen-bond donors (Lipinski definition) is 0. The minimum atomic E-state index is 0.822. The van der Waals surface area contributed by atoms with Gasteiger partial charge in [0.2, 0.25) is 0 Å². The molecule has 0 aliphatic heterocycles. The largest absolute Gasteiger partial charge is 0.456 e. The van der Waals surface area contributed by atoms with Crippen molar-refractivity contribution in [3.63, 3.8) is 0 Å². The third kappa shape index (κ3) is 4.57. The van der Waals surface area contributed by atoms with Gasteiger partial charge in [-0.15, -0.1) is 11.3 Å². The maximum Gasteiger partial charge on any atom is 0.159 e. The van der Waals surface area contributed by atoms with Gasteiger partial charge in [-0.2, -0.15) is 0 Å². The van der Waals surface area contributed by atoms with Crippen molar-refractivity contribution in [3.05, 3.63) is 170 Å². The molecule has 5 heteroatoms. The van der Waals surface area contributed by atoms with Crippen LogP contribution in [0.1, 0.15) is 0 Å². The standard InChI is InChI=1S/C47H28N2O2S/c1-2-9-29(10-3-1)31-19-21-34(22-20-31)49(35-23-24-37-36-13-6-7-16-41(36)50-43(37)28-35)40-15-8-14-38-44-42(51-45(38)40)26-25-39-46(44)52-47(48-39)33-18-17-30-11-4-5-12-32(30)27-33/h1-28H. The summed E-state index contributed by atoms with van der Waals surface area (Å²) in [4.78, 5) is 7.39. The highest BCUT2D eigenvalue weighted by molar-refractivity contribution is 7.22. The number of benzene rings is 8. The maximum absolute atomic E-state index is 6.83. The van der Waals surface area contributed by atoms with Gasteiger partial charge in [-0.1, -0.05) is 109 Å². The Bertz CT molecular complexity index is 3140. The van der Waals surface area contributed by atoms with Crippen LogP contribution in [0.15, 0.2) is 179 Å². The molecule has 0 saturated carbocycles. The molecule has 0 amide bonds. The van der Waals surface area contributed by atoms with Crippen LogP contribution in [0.2, 0.25) is 0 Å². The molecule has 0 N–H and O–H groups in total. The lowest BCUT2D eigenvalue weighted by molar-refractivity contribution is 0.667. The highest BCUT2D eigenvalue weighted by Gasteiger charge is 2.22. The number of hydrogen-bond acceptors (Lipinski definition) is 5. The molecule has 0 atom stereocenters. The third-order valence-corrected chi connectivity index (χ3v) is 11.2. The normalized spacial score (nSPS) is 11.8. The Morgan fingerprint density at radius 2 is 1.19 bits per heavy atom. The average Bonchev–Trinajstić information content (AvgIpc) is 3.92. The van der Waals surface area contributed by atoms with E-state index in [1.807, 2.05) is 18.2 Å². The predicted octanol–water partition coefficient (Wildman–Crippen LogP) is 14.1. The van der Waals surface area contributed by atoms with E-state index in [9.17, 15) is 0 Å². The molecular formula is C47H28N2O2S. The number of aromatic nitrogens is 1. The van der Waals surface area contributed by atoms with E-state index in [1.165, 1.54) is 16.3 Å². The van der Waals surface area contributed by atoms with E-state index in [0.717, 1.165) is 87.3 Å². The van der Waals surface area contributed by atoms with Crippen LogP contribution in [-0.2, 0) is 0 Å². The zero-order valence-electron chi connectivity index (χ0n) is 27.8. The Hall–Kier alpha value is -6.69. The quantitative estimate of drug-likeness (QED) is 0.181. The minimum absolute atomic E-state index is 0.822. The van der Waals surface area contributed by atoms with Gasteiger partial charge in [-0.25, -0.2) is 4.98 Å². The first kappa shape index (κ1) is 29.1. The Kier molecular flexibility index (Phi) is 6.39. The Morgan fingerprint density at radius 1 is 0.462 bits per heavy atom. The number of furan rings is 2. The number of nitrogens with zero attached hydrogens (tertiary/aromatic N) is 2. The van der Waals surface area contributed by atoms with E-state index in [-0.39, 0.29) is 0 Å². The molecule has 0 aliphatic carbocycles. The monoisotopic (exact) mass is 684 g/mol. The van der Waals surface area contributed by atoms with Crippen LogP contribution >= 0.6 is 11.3 Å². The van der Waals surface area contributed by atoms with Gasteiger partial charge in [-0.05, 0) is 76.5 Å². The molecule has 11 aromatic rings. The van der Waals surface area contributed by atoms with Gasteiger partial charge in [0.15, 0.2) is 5.58 Å². The third-order valence-electron chi connectivity index (χ3n) is 10.1. The van der Waals surface area contributed by atoms with Crippen LogP contribution in [-0.4, -0.2) is 4.98 Å². The van der Waals surface area contributed by atoms with E-state index in [4.69, 9.17) is 13.8 Å². The first-order valence-corrected chi connectivity index (χ1v) is 18.2. The van der Waals surface area contributed by atoms with Gasteiger partial charge in [0, 0.05) is 38.9 Å². The smallest absolute Gasteiger partial charge is 0.159 e. The number of para-hydroxylation sites is 2. The molecule has 244 valence electrons. The van der Waals surface area contributed by atoms with Crippen LogP contribution in [0.4, 0.5) is 17.1 Å². The van der Waals surface area contributed by atoms with Gasteiger partial charge in [0.05, 0.1) is 21.6 Å². The fourth-order valence-electron chi connectivity index (χ4n) is 7.59. The van der Waals surface area contributed by atoms with Crippen molar-refractivity contribution in [1.29, 1.82) is 0 Å². The van der Waals surface area contributed by atoms with E-state index >= 15 is 0 Å².